The van der Waals surface area contributed by atoms with Gasteiger partial charge in [0.15, 0.2) is 0 Å². The molecule has 1 aliphatic carbocycles. The molecule has 1 heteroatoms. The zero-order chi connectivity index (χ0) is 11.1. The normalized spacial score (nSPS) is 20.8. The van der Waals surface area contributed by atoms with Crippen molar-refractivity contribution in [2.45, 2.75) is 77.7 Å². The fraction of sp³-hybridized carbons (Fsp3) is 1.00. The molecule has 1 nitrogen and oxygen atoms in total. The fourth-order valence-electron chi connectivity index (χ4n) is 2.57. The monoisotopic (exact) mass is 212 g/mol. The number of rotatable bonds is 6. The van der Waals surface area contributed by atoms with E-state index in [0.29, 0.717) is 0 Å². The Kier molecular flexibility index (Phi) is 6.31. The molecule has 0 aliphatic heterocycles. The van der Waals surface area contributed by atoms with E-state index in [1.165, 1.54) is 44.9 Å². The van der Waals surface area contributed by atoms with Crippen LogP contribution < -0.4 is 0 Å². The smallest absolute Gasteiger partial charge is 0.0540 e. The SMILES string of the molecule is CC(C)CCC(O)CCC1CCCCC1. The third kappa shape index (κ3) is 6.19. The quantitative estimate of drug-likeness (QED) is 0.701. The topological polar surface area (TPSA) is 20.2 Å². The zero-order valence-electron chi connectivity index (χ0n) is 10.5. The third-order valence-corrected chi connectivity index (χ3v) is 3.71. The van der Waals surface area contributed by atoms with Gasteiger partial charge >= 0.3 is 0 Å². The second-order valence-electron chi connectivity index (χ2n) is 5.71. The van der Waals surface area contributed by atoms with E-state index in [9.17, 15) is 5.11 Å². The molecule has 90 valence electrons. The fourth-order valence-corrected chi connectivity index (χ4v) is 2.57. The van der Waals surface area contributed by atoms with E-state index in [1.807, 2.05) is 0 Å². The summed E-state index contributed by atoms with van der Waals surface area (Å²) in [5, 5.41) is 9.83. The molecule has 1 N–H and O–H groups in total. The standard InChI is InChI=1S/C14H28O/c1-12(2)8-10-14(15)11-9-13-6-4-3-5-7-13/h12-15H,3-11H2,1-2H3. The molecule has 0 aromatic rings. The summed E-state index contributed by atoms with van der Waals surface area (Å²) >= 11 is 0. The highest BCUT2D eigenvalue weighted by Crippen LogP contribution is 2.28. The van der Waals surface area contributed by atoms with Gasteiger partial charge in [0.1, 0.15) is 0 Å². The molecular formula is C14H28O. The molecule has 0 amide bonds. The van der Waals surface area contributed by atoms with Crippen molar-refractivity contribution in [3.05, 3.63) is 0 Å². The molecule has 1 fully saturated rings. The van der Waals surface area contributed by atoms with E-state index in [1.54, 1.807) is 0 Å². The minimum Gasteiger partial charge on any atom is -0.393 e. The lowest BCUT2D eigenvalue weighted by molar-refractivity contribution is 0.133. The van der Waals surface area contributed by atoms with Crippen molar-refractivity contribution in [2.75, 3.05) is 0 Å². The molecule has 1 rings (SSSR count). The van der Waals surface area contributed by atoms with Crippen molar-refractivity contribution in [3.63, 3.8) is 0 Å². The van der Waals surface area contributed by atoms with Crippen LogP contribution in [-0.4, -0.2) is 11.2 Å². The Morgan fingerprint density at radius 1 is 1.00 bits per heavy atom. The first-order valence-corrected chi connectivity index (χ1v) is 6.86. The van der Waals surface area contributed by atoms with Crippen LogP contribution in [0.3, 0.4) is 0 Å². The predicted octanol–water partition coefficient (Wildman–Crippen LogP) is 4.14. The van der Waals surface area contributed by atoms with Crippen molar-refractivity contribution < 1.29 is 5.11 Å². The van der Waals surface area contributed by atoms with Gasteiger partial charge in [-0.2, -0.15) is 0 Å². The van der Waals surface area contributed by atoms with Crippen molar-refractivity contribution >= 4 is 0 Å². The van der Waals surface area contributed by atoms with Gasteiger partial charge in [0.25, 0.3) is 0 Å². The molecular weight excluding hydrogens is 184 g/mol. The highest BCUT2D eigenvalue weighted by molar-refractivity contribution is 4.68. The summed E-state index contributed by atoms with van der Waals surface area (Å²) in [5.41, 5.74) is 0. The van der Waals surface area contributed by atoms with Gasteiger partial charge in [0.05, 0.1) is 6.10 Å². The zero-order valence-corrected chi connectivity index (χ0v) is 10.5. The summed E-state index contributed by atoms with van der Waals surface area (Å²) in [6, 6.07) is 0. The van der Waals surface area contributed by atoms with Gasteiger partial charge in [-0.05, 0) is 37.5 Å². The first kappa shape index (κ1) is 13.0. The lowest BCUT2D eigenvalue weighted by Gasteiger charge is -2.22. The second-order valence-corrected chi connectivity index (χ2v) is 5.71. The maximum absolute atomic E-state index is 9.83. The van der Waals surface area contributed by atoms with Gasteiger partial charge in [-0.1, -0.05) is 46.0 Å². The molecule has 1 saturated carbocycles. The number of aliphatic hydroxyl groups is 1. The van der Waals surface area contributed by atoms with Crippen LogP contribution in [0.1, 0.15) is 71.6 Å². The minimum atomic E-state index is -0.0330. The van der Waals surface area contributed by atoms with Gasteiger partial charge in [-0.3, -0.25) is 0 Å². The largest absolute Gasteiger partial charge is 0.393 e. The summed E-state index contributed by atoms with van der Waals surface area (Å²) in [7, 11) is 0. The van der Waals surface area contributed by atoms with Crippen molar-refractivity contribution in [1.29, 1.82) is 0 Å². The maximum Gasteiger partial charge on any atom is 0.0540 e. The Labute approximate surface area is 95.3 Å². The lowest BCUT2D eigenvalue weighted by atomic mass is 9.85. The van der Waals surface area contributed by atoms with Crippen LogP contribution >= 0.6 is 0 Å². The molecule has 1 unspecified atom stereocenters. The van der Waals surface area contributed by atoms with Crippen LogP contribution in [0.2, 0.25) is 0 Å². The minimum absolute atomic E-state index is 0.0330. The third-order valence-electron chi connectivity index (χ3n) is 3.71. The Balaban J connectivity index is 2.02. The predicted molar refractivity (Wildman–Crippen MR) is 65.9 cm³/mol. The number of hydrogen-bond donors (Lipinski definition) is 1. The van der Waals surface area contributed by atoms with Gasteiger partial charge < -0.3 is 5.11 Å². The highest BCUT2D eigenvalue weighted by Gasteiger charge is 2.15. The molecule has 0 radical (unpaired) electrons. The number of hydrogen-bond acceptors (Lipinski definition) is 1. The van der Waals surface area contributed by atoms with Crippen LogP contribution in [0.25, 0.3) is 0 Å². The molecule has 1 aliphatic rings. The maximum atomic E-state index is 9.83. The van der Waals surface area contributed by atoms with Gasteiger partial charge in [0.2, 0.25) is 0 Å². The highest BCUT2D eigenvalue weighted by atomic mass is 16.3. The Morgan fingerprint density at radius 2 is 1.67 bits per heavy atom. The molecule has 0 heterocycles. The van der Waals surface area contributed by atoms with Crippen LogP contribution in [0.5, 0.6) is 0 Å². The van der Waals surface area contributed by atoms with E-state index in [0.717, 1.165) is 24.7 Å². The first-order chi connectivity index (χ1) is 7.18. The first-order valence-electron chi connectivity index (χ1n) is 6.86. The molecule has 0 saturated heterocycles. The van der Waals surface area contributed by atoms with Crippen LogP contribution in [0, 0.1) is 11.8 Å². The number of aliphatic hydroxyl groups excluding tert-OH is 1. The molecule has 0 aromatic carbocycles. The van der Waals surface area contributed by atoms with E-state index in [2.05, 4.69) is 13.8 Å². The van der Waals surface area contributed by atoms with E-state index < -0.39 is 0 Å². The van der Waals surface area contributed by atoms with Crippen molar-refractivity contribution in [1.82, 2.24) is 0 Å². The Hall–Kier alpha value is -0.0400. The summed E-state index contributed by atoms with van der Waals surface area (Å²) in [6.45, 7) is 4.46. The average molecular weight is 212 g/mol. The van der Waals surface area contributed by atoms with Crippen LogP contribution in [-0.2, 0) is 0 Å². The lowest BCUT2D eigenvalue weighted by Crippen LogP contribution is -2.12. The van der Waals surface area contributed by atoms with Gasteiger partial charge in [-0.15, -0.1) is 0 Å². The molecule has 1 atom stereocenters. The van der Waals surface area contributed by atoms with Crippen LogP contribution in [0.4, 0.5) is 0 Å². The average Bonchev–Trinajstić information content (AvgIpc) is 2.25. The Bertz CT molecular complexity index is 147. The van der Waals surface area contributed by atoms with Crippen molar-refractivity contribution in [2.24, 2.45) is 11.8 Å². The Morgan fingerprint density at radius 3 is 2.27 bits per heavy atom. The van der Waals surface area contributed by atoms with E-state index in [-0.39, 0.29) is 6.10 Å². The summed E-state index contributed by atoms with van der Waals surface area (Å²) in [5.74, 6) is 1.65. The molecule has 0 aromatic heterocycles. The van der Waals surface area contributed by atoms with Crippen molar-refractivity contribution in [3.8, 4) is 0 Å². The van der Waals surface area contributed by atoms with E-state index in [4.69, 9.17) is 0 Å². The summed E-state index contributed by atoms with van der Waals surface area (Å²) in [6.07, 6.45) is 11.6. The van der Waals surface area contributed by atoms with E-state index >= 15 is 0 Å². The molecule has 15 heavy (non-hydrogen) atoms. The molecule has 0 bridgehead atoms. The molecule has 0 spiro atoms. The second kappa shape index (κ2) is 7.27. The van der Waals surface area contributed by atoms with Gasteiger partial charge in [-0.25, -0.2) is 0 Å². The summed E-state index contributed by atoms with van der Waals surface area (Å²) in [4.78, 5) is 0. The summed E-state index contributed by atoms with van der Waals surface area (Å²) < 4.78 is 0. The van der Waals surface area contributed by atoms with Crippen LogP contribution in [0.15, 0.2) is 0 Å². The van der Waals surface area contributed by atoms with Gasteiger partial charge in [0, 0.05) is 0 Å².